The van der Waals surface area contributed by atoms with Crippen molar-refractivity contribution < 1.29 is 141 Å². The minimum atomic E-state index is -6.43. The van der Waals surface area contributed by atoms with Crippen LogP contribution in [0.15, 0.2) is 30.3 Å². The van der Waals surface area contributed by atoms with Gasteiger partial charge in [0.2, 0.25) is 0 Å². The predicted octanol–water partition coefficient (Wildman–Crippen LogP) is 15.3. The molecule has 7 rings (SSSR count). The van der Waals surface area contributed by atoms with Gasteiger partial charge >= 0.3 is 0 Å². The van der Waals surface area contributed by atoms with E-state index in [1.165, 1.54) is 6.16 Å². The Morgan fingerprint density at radius 1 is 0.315 bits per heavy atom. The van der Waals surface area contributed by atoms with Gasteiger partial charge in [-0.2, -0.15) is 0 Å². The van der Waals surface area contributed by atoms with Crippen molar-refractivity contribution in [3.8, 4) is 0 Å². The van der Waals surface area contributed by atoms with Crippen molar-refractivity contribution in [1.29, 1.82) is 0 Å². The fourth-order valence-corrected chi connectivity index (χ4v) is 20.7. The van der Waals surface area contributed by atoms with Gasteiger partial charge in [0, 0.05) is 23.7 Å². The third kappa shape index (κ3) is 12.0. The van der Waals surface area contributed by atoms with E-state index in [2.05, 4.69) is 73.9 Å². The third-order valence-electron chi connectivity index (χ3n) is 14.8. The molecule has 0 heterocycles. The van der Waals surface area contributed by atoms with Crippen molar-refractivity contribution in [2.24, 2.45) is 0 Å². The fraction of sp³-hybridized carbons (Fsp3) is 0.246. The maximum atomic E-state index is 15.3. The average Bonchev–Trinajstić information content (AvgIpc) is 0.710. The van der Waals surface area contributed by atoms with E-state index in [9.17, 15) is 110 Å². The number of rotatable bonds is 9. The zero-order chi connectivity index (χ0) is 71.0. The molecule has 0 aromatic heterocycles. The Morgan fingerprint density at radius 3 is 0.652 bits per heavy atom. The SMILES string of the molecule is CC[P+](C(C)(C)C)(C(C)(C)C)C(C)(C)C.Fc1c(F)c(F)c(B(c2c(F)c(F)c(F)c(F)c2F)c2c(F)c(F)c(F)c(F)c2F)c(F)c1F.O=C(O[B-](c1c(F)c(F)c(F)c(F)c1F)(c1c(F)c(F)c(F)c(F)c1F)c1c(F)c(F)c(F)c(F)c1F)c1ccccc1. The lowest BCUT2D eigenvalue weighted by molar-refractivity contribution is 0.0730. The summed E-state index contributed by atoms with van der Waals surface area (Å²) < 4.78 is 433. The van der Waals surface area contributed by atoms with Gasteiger partial charge in [0.05, 0.1) is 27.2 Å². The van der Waals surface area contributed by atoms with E-state index in [1.807, 2.05) is 0 Å². The van der Waals surface area contributed by atoms with Crippen molar-refractivity contribution >= 4 is 59.1 Å². The molecule has 0 atom stereocenters. The number of carbonyl (C=O) groups excluding carboxylic acids is 1. The number of halogens is 30. The van der Waals surface area contributed by atoms with E-state index in [0.717, 1.165) is 18.2 Å². The first-order valence-corrected chi connectivity index (χ1v) is 27.4. The van der Waals surface area contributed by atoms with Gasteiger partial charge < -0.3 is 4.65 Å². The van der Waals surface area contributed by atoms with Crippen molar-refractivity contribution in [1.82, 2.24) is 0 Å². The van der Waals surface area contributed by atoms with E-state index in [1.54, 1.807) is 0 Å². The molecule has 0 unspecified atom stereocenters. The molecule has 0 bridgehead atoms. The molecule has 7 aromatic carbocycles. The maximum Gasteiger partial charge on any atom is 0.291 e. The highest BCUT2D eigenvalue weighted by molar-refractivity contribution is 7.80. The van der Waals surface area contributed by atoms with Crippen molar-refractivity contribution in [3.63, 3.8) is 0 Å². The van der Waals surface area contributed by atoms with Gasteiger partial charge in [0.15, 0.2) is 140 Å². The summed E-state index contributed by atoms with van der Waals surface area (Å²) in [4.78, 5) is 13.0. The standard InChI is InChI=1S/C25H5BF15O2.C18BF15.C14H32P/c27-10-7(11(28)17(34)22(39)16(10)33)26(43-25(42)6-4-2-1-3-5-6,8-12(29)18(35)23(40)19(36)13(8)30)9-14(31)20(37)24(41)21(38)15(9)32;20-4-1(5(21)11(27)16(32)10(4)26)19(2-6(22)12(28)17(33)13(29)7(2)23)3-8(24)14(30)18(34)15(31)9(3)25;1-11-15(12(2,3)4,13(5,6)7)14(8,9)10/h1-5H;;11H2,1-10H3/q-1;;+1. The largest absolute Gasteiger partial charge is 0.672 e. The van der Waals surface area contributed by atoms with Crippen LogP contribution in [0, 0.1) is 175 Å². The molecule has 2 nitrogen and oxygen atoms in total. The van der Waals surface area contributed by atoms with E-state index in [0.29, 0.717) is 27.6 Å². The van der Waals surface area contributed by atoms with Crippen LogP contribution in [0.2, 0.25) is 0 Å². The zero-order valence-electron chi connectivity index (χ0n) is 47.9. The normalized spacial score (nSPS) is 12.2. The summed E-state index contributed by atoms with van der Waals surface area (Å²) in [5, 5.41) is 1.33. The number of hydrogen-bond acceptors (Lipinski definition) is 2. The minimum absolute atomic E-state index is 0.443. The molecule has 0 aliphatic rings. The topological polar surface area (TPSA) is 26.3 Å². The predicted molar refractivity (Wildman–Crippen MR) is 275 cm³/mol. The van der Waals surface area contributed by atoms with Gasteiger partial charge in [-0.1, -0.05) is 34.6 Å². The summed E-state index contributed by atoms with van der Waals surface area (Å²) in [7, 11) is -1.03. The molecule has 0 saturated heterocycles. The molecule has 0 fully saturated rings. The van der Waals surface area contributed by atoms with Crippen LogP contribution in [0.5, 0.6) is 0 Å². The second kappa shape index (κ2) is 26.5. The first-order chi connectivity index (χ1) is 42.0. The Labute approximate surface area is 500 Å². The first-order valence-electron chi connectivity index (χ1n) is 25.4. The van der Waals surface area contributed by atoms with Gasteiger partial charge in [-0.25, -0.2) is 132 Å². The fourth-order valence-electron chi connectivity index (χ4n) is 11.8. The van der Waals surface area contributed by atoms with Crippen LogP contribution in [0.3, 0.4) is 0 Å². The van der Waals surface area contributed by atoms with Gasteiger partial charge in [-0.15, -0.1) is 0 Å². The molecular weight excluding hydrogens is 1340 g/mol. The average molecular weight is 1380 g/mol. The minimum Gasteiger partial charge on any atom is -0.672 e. The van der Waals surface area contributed by atoms with Gasteiger partial charge in [-0.3, -0.25) is 4.79 Å². The highest BCUT2D eigenvalue weighted by atomic mass is 31.2. The van der Waals surface area contributed by atoms with E-state index in [4.69, 9.17) is 0 Å². The second-order valence-electron chi connectivity index (χ2n) is 22.5. The molecule has 0 spiro atoms. The summed E-state index contributed by atoms with van der Waals surface area (Å²) in [6, 6.07) is 4.44. The molecule has 0 amide bonds. The Balaban J connectivity index is 0.000000279. The lowest BCUT2D eigenvalue weighted by Crippen LogP contribution is -2.75. The monoisotopic (exact) mass is 1380 g/mol. The number of hydrogen-bond donors (Lipinski definition) is 0. The summed E-state index contributed by atoms with van der Waals surface area (Å²) in [5.74, 6) is -95.8. The number of benzene rings is 7. The van der Waals surface area contributed by atoms with Gasteiger partial charge in [0.25, 0.3) is 19.0 Å². The molecule has 7 aromatic rings. The highest BCUT2D eigenvalue weighted by Crippen LogP contribution is 2.83. The Hall–Kier alpha value is -7.53. The first kappa shape index (κ1) is 75.2. The van der Waals surface area contributed by atoms with Crippen molar-refractivity contribution in [2.75, 3.05) is 6.16 Å². The second-order valence-corrected chi connectivity index (χ2v) is 28.8. The molecule has 498 valence electrons. The third-order valence-corrected chi connectivity index (χ3v) is 22.6. The van der Waals surface area contributed by atoms with E-state index in [-0.39, 0.29) is 0 Å². The number of carbonyl (C=O) groups is 1. The summed E-state index contributed by atoms with van der Waals surface area (Å²) in [6.45, 7) is 20.4. The Kier molecular flexibility index (Phi) is 21.6. The summed E-state index contributed by atoms with van der Waals surface area (Å²) >= 11 is 0. The van der Waals surface area contributed by atoms with Crippen molar-refractivity contribution in [2.45, 2.75) is 84.7 Å². The van der Waals surface area contributed by atoms with Crippen LogP contribution in [0.25, 0.3) is 0 Å². The summed E-state index contributed by atoms with van der Waals surface area (Å²) in [6.07, 6.45) is -5.08. The summed E-state index contributed by atoms with van der Waals surface area (Å²) in [5.41, 5.74) is -18.1. The van der Waals surface area contributed by atoms with Crippen LogP contribution in [-0.2, 0) is 4.65 Å². The van der Waals surface area contributed by atoms with Crippen LogP contribution in [0.1, 0.15) is 79.6 Å². The lowest BCUT2D eigenvalue weighted by Gasteiger charge is -2.54. The van der Waals surface area contributed by atoms with Crippen LogP contribution in [-0.4, -0.2) is 40.7 Å². The van der Waals surface area contributed by atoms with Crippen LogP contribution < -0.4 is 32.8 Å². The van der Waals surface area contributed by atoms with E-state index >= 15 is 26.3 Å². The van der Waals surface area contributed by atoms with Crippen LogP contribution in [0.4, 0.5) is 132 Å². The lowest BCUT2D eigenvalue weighted by atomic mass is 9.27. The molecule has 0 radical (unpaired) electrons. The molecule has 92 heavy (non-hydrogen) atoms. The molecular formula is C57H37B2F30O2P. The van der Waals surface area contributed by atoms with Gasteiger partial charge in [0.1, 0.15) is 34.9 Å². The van der Waals surface area contributed by atoms with Crippen LogP contribution >= 0.6 is 7.26 Å². The Bertz CT molecular complexity index is 3580. The molecule has 0 saturated carbocycles. The van der Waals surface area contributed by atoms with E-state index < -0.39 is 239 Å². The highest BCUT2D eigenvalue weighted by Gasteiger charge is 2.63. The maximum absolute atomic E-state index is 15.3. The molecule has 0 aliphatic heterocycles. The quantitative estimate of drug-likeness (QED) is 0.0473. The molecule has 0 N–H and O–H groups in total. The van der Waals surface area contributed by atoms with Crippen molar-refractivity contribution in [3.05, 3.63) is 210 Å². The zero-order valence-corrected chi connectivity index (χ0v) is 48.7. The van der Waals surface area contributed by atoms with Gasteiger partial charge in [-0.05, 0) is 81.4 Å². The Morgan fingerprint density at radius 2 is 0.489 bits per heavy atom. The molecule has 35 heteroatoms. The smallest absolute Gasteiger partial charge is 0.291 e. The molecule has 0 aliphatic carbocycles.